The molecule has 8 nitrogen and oxygen atoms in total. The Labute approximate surface area is 192 Å². The van der Waals surface area contributed by atoms with E-state index in [1.54, 1.807) is 36.4 Å². The van der Waals surface area contributed by atoms with Crippen LogP contribution >= 0.6 is 0 Å². The second-order valence-electron chi connectivity index (χ2n) is 7.02. The highest BCUT2D eigenvalue weighted by Crippen LogP contribution is 2.39. The van der Waals surface area contributed by atoms with E-state index in [1.165, 1.54) is 6.26 Å². The summed E-state index contributed by atoms with van der Waals surface area (Å²) in [6, 6.07) is 11.7. The Morgan fingerprint density at radius 3 is 2.09 bits per heavy atom. The molecule has 174 valence electrons. The summed E-state index contributed by atoms with van der Waals surface area (Å²) in [5.41, 5.74) is 2.27. The van der Waals surface area contributed by atoms with Crippen molar-refractivity contribution in [2.75, 3.05) is 30.5 Å². The lowest BCUT2D eigenvalue weighted by Crippen LogP contribution is -2.15. The first-order valence-electron chi connectivity index (χ1n) is 10.8. The molecule has 2 amide bonds. The Balaban J connectivity index is 1.86. The average molecular weight is 453 g/mol. The van der Waals surface area contributed by atoms with E-state index in [4.69, 9.17) is 18.6 Å². The molecule has 2 N–H and O–H groups in total. The molecule has 0 bridgehead atoms. The van der Waals surface area contributed by atoms with Crippen LogP contribution < -0.4 is 24.8 Å². The zero-order chi connectivity index (χ0) is 23.8. The molecule has 0 unspecified atom stereocenters. The molecular weight excluding hydrogens is 424 g/mol. The van der Waals surface area contributed by atoms with E-state index in [0.717, 1.165) is 5.56 Å². The fourth-order valence-electron chi connectivity index (χ4n) is 3.15. The van der Waals surface area contributed by atoms with Crippen molar-refractivity contribution < 1.29 is 28.2 Å². The molecule has 0 saturated heterocycles. The van der Waals surface area contributed by atoms with Gasteiger partial charge in [-0.2, -0.15) is 0 Å². The number of benzene rings is 2. The molecule has 0 radical (unpaired) electrons. The topological polar surface area (TPSA) is 99.0 Å². The van der Waals surface area contributed by atoms with Gasteiger partial charge < -0.3 is 29.3 Å². The number of aryl methyl sites for hydroxylation is 1. The van der Waals surface area contributed by atoms with E-state index >= 15 is 0 Å². The standard InChI is InChI=1S/C25H28N2O6/c1-5-30-21-13-17(14-22(31-6-2)23(21)32-7-3)24(28)27-19-15-18(11-10-16(19)4)26-25(29)20-9-8-12-33-20/h8-15H,5-7H2,1-4H3,(H,26,29)(H,27,28). The maximum atomic E-state index is 13.1. The third-order valence-corrected chi connectivity index (χ3v) is 4.66. The Morgan fingerprint density at radius 1 is 0.848 bits per heavy atom. The number of carbonyl (C=O) groups excluding carboxylic acids is 2. The minimum Gasteiger partial charge on any atom is -0.490 e. The van der Waals surface area contributed by atoms with Gasteiger partial charge in [-0.1, -0.05) is 6.07 Å². The Morgan fingerprint density at radius 2 is 1.52 bits per heavy atom. The van der Waals surface area contributed by atoms with Crippen LogP contribution in [0.5, 0.6) is 17.2 Å². The molecule has 0 spiro atoms. The summed E-state index contributed by atoms with van der Waals surface area (Å²) in [7, 11) is 0. The van der Waals surface area contributed by atoms with Gasteiger partial charge in [-0.25, -0.2) is 0 Å². The van der Waals surface area contributed by atoms with Gasteiger partial charge in [0.05, 0.1) is 26.1 Å². The predicted molar refractivity (Wildman–Crippen MR) is 126 cm³/mol. The lowest BCUT2D eigenvalue weighted by molar-refractivity contribution is 0.0995. The number of nitrogens with one attached hydrogen (secondary N) is 2. The van der Waals surface area contributed by atoms with Gasteiger partial charge in [0.2, 0.25) is 5.75 Å². The van der Waals surface area contributed by atoms with Crippen LogP contribution in [0, 0.1) is 6.92 Å². The normalized spacial score (nSPS) is 10.4. The summed E-state index contributed by atoms with van der Waals surface area (Å²) in [6.45, 7) is 8.70. The summed E-state index contributed by atoms with van der Waals surface area (Å²) < 4.78 is 22.2. The minimum absolute atomic E-state index is 0.197. The van der Waals surface area contributed by atoms with Crippen LogP contribution in [-0.2, 0) is 0 Å². The lowest BCUT2D eigenvalue weighted by atomic mass is 10.1. The van der Waals surface area contributed by atoms with Crippen LogP contribution in [0.2, 0.25) is 0 Å². The molecule has 8 heteroatoms. The number of hydrogen-bond donors (Lipinski definition) is 2. The molecule has 0 aliphatic rings. The summed E-state index contributed by atoms with van der Waals surface area (Å²) in [4.78, 5) is 25.4. The molecule has 0 atom stereocenters. The summed E-state index contributed by atoms with van der Waals surface area (Å²) in [5.74, 6) is 0.810. The number of carbonyl (C=O) groups is 2. The second kappa shape index (κ2) is 11.1. The number of anilines is 2. The monoisotopic (exact) mass is 452 g/mol. The van der Waals surface area contributed by atoms with Gasteiger partial charge in [0, 0.05) is 16.9 Å². The maximum Gasteiger partial charge on any atom is 0.291 e. The first-order chi connectivity index (χ1) is 16.0. The van der Waals surface area contributed by atoms with E-state index in [-0.39, 0.29) is 17.6 Å². The van der Waals surface area contributed by atoms with Gasteiger partial charge >= 0.3 is 0 Å². The second-order valence-corrected chi connectivity index (χ2v) is 7.02. The first-order valence-corrected chi connectivity index (χ1v) is 10.8. The van der Waals surface area contributed by atoms with Crippen LogP contribution in [0.4, 0.5) is 11.4 Å². The molecule has 1 heterocycles. The molecule has 3 aromatic rings. The Hall–Kier alpha value is -3.94. The van der Waals surface area contributed by atoms with Crippen LogP contribution in [0.3, 0.4) is 0 Å². The van der Waals surface area contributed by atoms with Gasteiger partial charge in [-0.3, -0.25) is 9.59 Å². The maximum absolute atomic E-state index is 13.1. The van der Waals surface area contributed by atoms with Crippen LogP contribution in [0.25, 0.3) is 0 Å². The summed E-state index contributed by atoms with van der Waals surface area (Å²) in [6.07, 6.45) is 1.43. The highest BCUT2D eigenvalue weighted by molar-refractivity contribution is 6.06. The third-order valence-electron chi connectivity index (χ3n) is 4.66. The zero-order valence-corrected chi connectivity index (χ0v) is 19.2. The van der Waals surface area contributed by atoms with E-state index in [9.17, 15) is 9.59 Å². The average Bonchev–Trinajstić information content (AvgIpc) is 3.33. The first kappa shape index (κ1) is 23.7. The highest BCUT2D eigenvalue weighted by atomic mass is 16.5. The highest BCUT2D eigenvalue weighted by Gasteiger charge is 2.19. The largest absolute Gasteiger partial charge is 0.490 e. The molecule has 0 saturated carbocycles. The SMILES string of the molecule is CCOc1cc(C(=O)Nc2cc(NC(=O)c3ccco3)ccc2C)cc(OCC)c1OCC. The van der Waals surface area contributed by atoms with Crippen molar-refractivity contribution in [3.05, 3.63) is 65.6 Å². The molecule has 2 aromatic carbocycles. The van der Waals surface area contributed by atoms with Crippen LogP contribution in [0.1, 0.15) is 47.2 Å². The number of ether oxygens (including phenoxy) is 3. The molecule has 3 rings (SSSR count). The number of rotatable bonds is 10. The summed E-state index contributed by atoms with van der Waals surface area (Å²) >= 11 is 0. The Bertz CT molecular complexity index is 1080. The van der Waals surface area contributed by atoms with Crippen molar-refractivity contribution in [1.29, 1.82) is 0 Å². The number of hydrogen-bond acceptors (Lipinski definition) is 6. The van der Waals surface area contributed by atoms with Crippen molar-refractivity contribution in [2.45, 2.75) is 27.7 Å². The van der Waals surface area contributed by atoms with Crippen molar-refractivity contribution in [1.82, 2.24) is 0 Å². The van der Waals surface area contributed by atoms with Crippen molar-refractivity contribution in [3.63, 3.8) is 0 Å². The molecule has 1 aromatic heterocycles. The molecule has 0 aliphatic carbocycles. The zero-order valence-electron chi connectivity index (χ0n) is 19.2. The number of amides is 2. The van der Waals surface area contributed by atoms with E-state index in [1.807, 2.05) is 33.8 Å². The van der Waals surface area contributed by atoms with Gasteiger partial charge in [0.25, 0.3) is 11.8 Å². The van der Waals surface area contributed by atoms with E-state index in [2.05, 4.69) is 10.6 Å². The summed E-state index contributed by atoms with van der Waals surface area (Å²) in [5, 5.41) is 5.66. The van der Waals surface area contributed by atoms with E-state index in [0.29, 0.717) is 54.0 Å². The Kier molecular flexibility index (Phi) is 7.96. The third kappa shape index (κ3) is 5.85. The van der Waals surface area contributed by atoms with Gasteiger partial charge in [-0.05, 0) is 69.7 Å². The van der Waals surface area contributed by atoms with Crippen molar-refractivity contribution in [2.24, 2.45) is 0 Å². The fourth-order valence-corrected chi connectivity index (χ4v) is 3.15. The molecular formula is C25H28N2O6. The van der Waals surface area contributed by atoms with Crippen LogP contribution in [0.15, 0.2) is 53.1 Å². The van der Waals surface area contributed by atoms with Crippen molar-refractivity contribution >= 4 is 23.2 Å². The minimum atomic E-state index is -0.379. The van der Waals surface area contributed by atoms with Crippen LogP contribution in [-0.4, -0.2) is 31.6 Å². The number of furan rings is 1. The lowest BCUT2D eigenvalue weighted by Gasteiger charge is -2.17. The van der Waals surface area contributed by atoms with Gasteiger partial charge in [0.15, 0.2) is 17.3 Å². The molecule has 0 aliphatic heterocycles. The fraction of sp³-hybridized carbons (Fsp3) is 0.280. The molecule has 0 fully saturated rings. The van der Waals surface area contributed by atoms with Crippen molar-refractivity contribution in [3.8, 4) is 17.2 Å². The van der Waals surface area contributed by atoms with Gasteiger partial charge in [-0.15, -0.1) is 0 Å². The van der Waals surface area contributed by atoms with Gasteiger partial charge in [0.1, 0.15) is 0 Å². The smallest absolute Gasteiger partial charge is 0.291 e. The molecule has 33 heavy (non-hydrogen) atoms. The quantitative estimate of drug-likeness (QED) is 0.434. The van der Waals surface area contributed by atoms with E-state index < -0.39 is 0 Å². The predicted octanol–water partition coefficient (Wildman–Crippen LogP) is 5.29.